The van der Waals surface area contributed by atoms with Gasteiger partial charge in [0.15, 0.2) is 5.76 Å². The molecule has 4 nitrogen and oxygen atoms in total. The maximum Gasteiger partial charge on any atom is 0.287 e. The van der Waals surface area contributed by atoms with Gasteiger partial charge in [0.1, 0.15) is 5.58 Å². The molecule has 0 radical (unpaired) electrons. The van der Waals surface area contributed by atoms with Gasteiger partial charge in [0.2, 0.25) is 0 Å². The summed E-state index contributed by atoms with van der Waals surface area (Å²) < 4.78 is 10.7. The monoisotopic (exact) mass is 259 g/mol. The van der Waals surface area contributed by atoms with Gasteiger partial charge in [-0.3, -0.25) is 4.79 Å². The van der Waals surface area contributed by atoms with Crippen LogP contribution in [-0.2, 0) is 4.74 Å². The second kappa shape index (κ2) is 5.05. The number of carbonyl (C=O) groups excluding carboxylic acids is 1. The molecule has 0 aliphatic heterocycles. The van der Waals surface area contributed by atoms with Crippen LogP contribution in [-0.4, -0.2) is 25.7 Å². The first-order valence-corrected chi connectivity index (χ1v) is 6.56. The van der Waals surface area contributed by atoms with Gasteiger partial charge < -0.3 is 14.5 Å². The smallest absolute Gasteiger partial charge is 0.287 e. The zero-order chi connectivity index (χ0) is 13.2. The number of amides is 1. The Morgan fingerprint density at radius 2 is 2.26 bits per heavy atom. The van der Waals surface area contributed by atoms with Gasteiger partial charge in [-0.05, 0) is 30.9 Å². The Kier molecular flexibility index (Phi) is 3.25. The third-order valence-corrected chi connectivity index (χ3v) is 3.50. The van der Waals surface area contributed by atoms with E-state index in [0.29, 0.717) is 18.3 Å². The van der Waals surface area contributed by atoms with Crippen LogP contribution in [0.15, 0.2) is 34.7 Å². The largest absolute Gasteiger partial charge is 0.451 e. The van der Waals surface area contributed by atoms with Gasteiger partial charge in [0, 0.05) is 12.5 Å². The van der Waals surface area contributed by atoms with E-state index in [9.17, 15) is 4.79 Å². The predicted octanol–water partition coefficient (Wildman–Crippen LogP) is 2.59. The van der Waals surface area contributed by atoms with Gasteiger partial charge >= 0.3 is 0 Å². The molecule has 1 aliphatic carbocycles. The number of benzene rings is 1. The first-order chi connectivity index (χ1) is 9.28. The van der Waals surface area contributed by atoms with Crippen LogP contribution in [0.25, 0.3) is 11.0 Å². The summed E-state index contributed by atoms with van der Waals surface area (Å²) in [6, 6.07) is 9.48. The molecule has 19 heavy (non-hydrogen) atoms. The van der Waals surface area contributed by atoms with Crippen molar-refractivity contribution in [1.29, 1.82) is 0 Å². The molecule has 1 aromatic heterocycles. The summed E-state index contributed by atoms with van der Waals surface area (Å²) in [6.07, 6.45) is 2.32. The molecule has 1 aliphatic rings. The first-order valence-electron chi connectivity index (χ1n) is 6.56. The van der Waals surface area contributed by atoms with Crippen molar-refractivity contribution in [3.8, 4) is 0 Å². The van der Waals surface area contributed by atoms with E-state index in [1.165, 1.54) is 0 Å². The van der Waals surface area contributed by atoms with Gasteiger partial charge in [-0.1, -0.05) is 18.2 Å². The molecule has 2 aromatic rings. The Balaban J connectivity index is 1.75. The van der Waals surface area contributed by atoms with Crippen molar-refractivity contribution in [2.45, 2.75) is 18.9 Å². The lowest BCUT2D eigenvalue weighted by Gasteiger charge is -2.16. The third-order valence-electron chi connectivity index (χ3n) is 3.50. The molecule has 3 rings (SSSR count). The second-order valence-electron chi connectivity index (χ2n) is 5.02. The number of hydrogen-bond acceptors (Lipinski definition) is 3. The number of carbonyl (C=O) groups is 1. The van der Waals surface area contributed by atoms with Crippen LogP contribution in [0.1, 0.15) is 23.4 Å². The number of furan rings is 1. The minimum atomic E-state index is -0.162. The maximum atomic E-state index is 12.2. The van der Waals surface area contributed by atoms with Crippen molar-refractivity contribution in [1.82, 2.24) is 5.32 Å². The summed E-state index contributed by atoms with van der Waals surface area (Å²) >= 11 is 0. The molecule has 1 N–H and O–H groups in total. The van der Waals surface area contributed by atoms with Crippen molar-refractivity contribution in [3.05, 3.63) is 36.1 Å². The summed E-state index contributed by atoms with van der Waals surface area (Å²) in [5.74, 6) is 0.751. The molecular formula is C15H17NO3. The van der Waals surface area contributed by atoms with Gasteiger partial charge in [0.25, 0.3) is 5.91 Å². The molecule has 1 unspecified atom stereocenters. The van der Waals surface area contributed by atoms with Crippen LogP contribution in [0.2, 0.25) is 0 Å². The average Bonchev–Trinajstić information content (AvgIpc) is 3.16. The predicted molar refractivity (Wildman–Crippen MR) is 72.1 cm³/mol. The summed E-state index contributed by atoms with van der Waals surface area (Å²) in [5, 5.41) is 3.95. The van der Waals surface area contributed by atoms with E-state index < -0.39 is 0 Å². The van der Waals surface area contributed by atoms with Crippen LogP contribution < -0.4 is 5.32 Å². The molecule has 1 heterocycles. The summed E-state index contributed by atoms with van der Waals surface area (Å²) in [6.45, 7) is 0.552. The number of rotatable bonds is 5. The molecule has 1 amide bonds. The molecular weight excluding hydrogens is 242 g/mol. The number of methoxy groups -OCH3 is 1. The zero-order valence-electron chi connectivity index (χ0n) is 10.9. The fourth-order valence-corrected chi connectivity index (χ4v) is 2.31. The van der Waals surface area contributed by atoms with Crippen molar-refractivity contribution >= 4 is 16.9 Å². The molecule has 0 saturated heterocycles. The molecule has 0 bridgehead atoms. The number of para-hydroxylation sites is 1. The number of ether oxygens (including phenoxy) is 1. The molecule has 1 aromatic carbocycles. The van der Waals surface area contributed by atoms with Crippen molar-refractivity contribution in [2.75, 3.05) is 13.7 Å². The minimum Gasteiger partial charge on any atom is -0.451 e. The Morgan fingerprint density at radius 1 is 1.47 bits per heavy atom. The van der Waals surface area contributed by atoms with E-state index in [0.717, 1.165) is 23.8 Å². The lowest BCUT2D eigenvalue weighted by Crippen LogP contribution is -2.39. The molecule has 1 fully saturated rings. The fraction of sp³-hybridized carbons (Fsp3) is 0.400. The van der Waals surface area contributed by atoms with Crippen molar-refractivity contribution in [2.24, 2.45) is 5.92 Å². The highest BCUT2D eigenvalue weighted by molar-refractivity contribution is 5.96. The lowest BCUT2D eigenvalue weighted by molar-refractivity contribution is 0.0859. The summed E-state index contributed by atoms with van der Waals surface area (Å²) in [7, 11) is 1.66. The highest BCUT2D eigenvalue weighted by atomic mass is 16.5. The first kappa shape index (κ1) is 12.2. The van der Waals surface area contributed by atoms with Gasteiger partial charge in [-0.2, -0.15) is 0 Å². The van der Waals surface area contributed by atoms with E-state index in [1.807, 2.05) is 24.3 Å². The van der Waals surface area contributed by atoms with Crippen LogP contribution in [0, 0.1) is 5.92 Å². The number of nitrogens with one attached hydrogen (secondary N) is 1. The van der Waals surface area contributed by atoms with Crippen LogP contribution in [0.4, 0.5) is 0 Å². The normalized spacial score (nSPS) is 16.5. The standard InChI is InChI=1S/C15H17NO3/c1-18-9-12(10-6-7-10)16-15(17)14-8-11-4-2-3-5-13(11)19-14/h2-5,8,10,12H,6-7,9H2,1H3,(H,16,17). The Labute approximate surface area is 111 Å². The van der Waals surface area contributed by atoms with E-state index in [-0.39, 0.29) is 11.9 Å². The highest BCUT2D eigenvalue weighted by Gasteiger charge is 2.32. The lowest BCUT2D eigenvalue weighted by atomic mass is 10.2. The van der Waals surface area contributed by atoms with Crippen molar-refractivity contribution in [3.63, 3.8) is 0 Å². The molecule has 100 valence electrons. The third kappa shape index (κ3) is 2.63. The SMILES string of the molecule is COCC(NC(=O)c1cc2ccccc2o1)C1CC1. The van der Waals surface area contributed by atoms with E-state index in [2.05, 4.69) is 5.32 Å². The number of hydrogen-bond donors (Lipinski definition) is 1. The second-order valence-corrected chi connectivity index (χ2v) is 5.02. The van der Waals surface area contributed by atoms with E-state index in [1.54, 1.807) is 13.2 Å². The zero-order valence-corrected chi connectivity index (χ0v) is 10.9. The molecule has 1 saturated carbocycles. The molecule has 1 atom stereocenters. The van der Waals surface area contributed by atoms with Crippen LogP contribution in [0.3, 0.4) is 0 Å². The molecule has 4 heteroatoms. The van der Waals surface area contributed by atoms with E-state index in [4.69, 9.17) is 9.15 Å². The van der Waals surface area contributed by atoms with E-state index >= 15 is 0 Å². The minimum absolute atomic E-state index is 0.0886. The fourth-order valence-electron chi connectivity index (χ4n) is 2.31. The topological polar surface area (TPSA) is 51.5 Å². The Morgan fingerprint density at radius 3 is 2.95 bits per heavy atom. The van der Waals surface area contributed by atoms with Gasteiger partial charge in [-0.25, -0.2) is 0 Å². The summed E-state index contributed by atoms with van der Waals surface area (Å²) in [4.78, 5) is 12.2. The quantitative estimate of drug-likeness (QED) is 0.898. The Bertz CT molecular complexity index is 553. The highest BCUT2D eigenvalue weighted by Crippen LogP contribution is 2.33. The van der Waals surface area contributed by atoms with Crippen LogP contribution in [0.5, 0.6) is 0 Å². The summed E-state index contributed by atoms with van der Waals surface area (Å²) in [5.41, 5.74) is 0.738. The van der Waals surface area contributed by atoms with Crippen LogP contribution >= 0.6 is 0 Å². The maximum absolute atomic E-state index is 12.2. The average molecular weight is 259 g/mol. The van der Waals surface area contributed by atoms with Gasteiger partial charge in [-0.15, -0.1) is 0 Å². The molecule has 0 spiro atoms. The van der Waals surface area contributed by atoms with Gasteiger partial charge in [0.05, 0.1) is 12.6 Å². The number of fused-ring (bicyclic) bond motifs is 1. The van der Waals surface area contributed by atoms with Crippen molar-refractivity contribution < 1.29 is 13.9 Å². The Hall–Kier alpha value is -1.81.